The number of likely N-dealkylation sites (tertiary alicyclic amines) is 1. The summed E-state index contributed by atoms with van der Waals surface area (Å²) < 4.78 is 0. The van der Waals surface area contributed by atoms with E-state index in [-0.39, 0.29) is 12.5 Å². The molecule has 3 N–H and O–H groups in total. The normalized spacial score (nSPS) is 20.8. The molecule has 1 aliphatic heterocycles. The Hall–Kier alpha value is -1.60. The van der Waals surface area contributed by atoms with Crippen LogP contribution in [0.3, 0.4) is 0 Å². The van der Waals surface area contributed by atoms with Crippen LogP contribution in [-0.4, -0.2) is 58.9 Å². The zero-order chi connectivity index (χ0) is 19.0. The molecular weight excluding hydrogens is 369 g/mol. The topological polar surface area (TPSA) is 98.1 Å². The number of carboxylic acid groups (broad SMARTS) is 2. The van der Waals surface area contributed by atoms with E-state index < -0.39 is 11.9 Å². The molecule has 1 fully saturated rings. The first-order valence-corrected chi connectivity index (χ1v) is 8.38. The van der Waals surface area contributed by atoms with Crippen LogP contribution in [0.25, 0.3) is 0 Å². The van der Waals surface area contributed by atoms with Gasteiger partial charge in [-0.25, -0.2) is 9.59 Å². The maximum Gasteiger partial charge on any atom is 0.328 e. The lowest BCUT2D eigenvalue weighted by molar-refractivity contribution is -0.134. The number of benzene rings is 1. The third kappa shape index (κ3) is 7.44. The van der Waals surface area contributed by atoms with Gasteiger partial charge in [0.1, 0.15) is 0 Å². The van der Waals surface area contributed by atoms with Crippen molar-refractivity contribution in [1.82, 2.24) is 4.90 Å². The number of halogens is 2. The summed E-state index contributed by atoms with van der Waals surface area (Å²) in [6.45, 7) is 2.21. The Balaban J connectivity index is 0.000000333. The average Bonchev–Trinajstić information content (AvgIpc) is 2.56. The van der Waals surface area contributed by atoms with E-state index in [9.17, 15) is 14.7 Å². The molecule has 0 saturated carbocycles. The molecule has 1 saturated heterocycles. The Morgan fingerprint density at radius 1 is 1.20 bits per heavy atom. The molecule has 25 heavy (non-hydrogen) atoms. The number of aliphatic hydroxyl groups excluding tert-OH is 1. The van der Waals surface area contributed by atoms with Crippen LogP contribution in [0.2, 0.25) is 10.0 Å². The zero-order valence-corrected chi connectivity index (χ0v) is 15.2. The summed E-state index contributed by atoms with van der Waals surface area (Å²) >= 11 is 12.0. The fourth-order valence-electron chi connectivity index (χ4n) is 2.72. The maximum atomic E-state index is 9.55. The molecule has 2 rings (SSSR count). The summed E-state index contributed by atoms with van der Waals surface area (Å²) in [4.78, 5) is 21.4. The van der Waals surface area contributed by atoms with Crippen molar-refractivity contribution < 1.29 is 24.9 Å². The van der Waals surface area contributed by atoms with Crippen LogP contribution >= 0.6 is 23.2 Å². The largest absolute Gasteiger partial charge is 0.478 e. The number of aliphatic hydroxyl groups is 1. The molecular formula is C17H21Cl2NO5. The molecule has 8 heteroatoms. The third-order valence-corrected chi connectivity index (χ3v) is 4.65. The predicted octanol–water partition coefficient (Wildman–Crippen LogP) is 2.73. The van der Waals surface area contributed by atoms with Gasteiger partial charge in [-0.2, -0.15) is 0 Å². The molecule has 138 valence electrons. The van der Waals surface area contributed by atoms with Crippen LogP contribution in [0.1, 0.15) is 17.9 Å². The highest BCUT2D eigenvalue weighted by Crippen LogP contribution is 2.35. The minimum Gasteiger partial charge on any atom is -0.478 e. The van der Waals surface area contributed by atoms with E-state index in [4.69, 9.17) is 33.4 Å². The monoisotopic (exact) mass is 389 g/mol. The lowest BCUT2D eigenvalue weighted by Gasteiger charge is -2.36. The van der Waals surface area contributed by atoms with E-state index in [1.165, 1.54) is 5.56 Å². The highest BCUT2D eigenvalue weighted by Gasteiger charge is 2.28. The molecule has 0 unspecified atom stereocenters. The molecule has 0 aromatic heterocycles. The molecule has 6 nitrogen and oxygen atoms in total. The van der Waals surface area contributed by atoms with Gasteiger partial charge in [0.05, 0.1) is 10.0 Å². The Morgan fingerprint density at radius 3 is 2.28 bits per heavy atom. The Kier molecular flexibility index (Phi) is 8.92. The number of carbonyl (C=O) groups is 2. The van der Waals surface area contributed by atoms with Gasteiger partial charge in [-0.05, 0) is 43.6 Å². The summed E-state index contributed by atoms with van der Waals surface area (Å²) in [5.74, 6) is -1.85. The SMILES string of the molecule is CN1CC[C@H](c2ccc(Cl)c(Cl)c2)[C@@H](CO)C1.O=C(O)/C=C/C(=O)O. The fraction of sp³-hybridized carbons (Fsp3) is 0.412. The predicted molar refractivity (Wildman–Crippen MR) is 96.3 cm³/mol. The Labute approximate surface area is 156 Å². The van der Waals surface area contributed by atoms with Gasteiger partial charge in [-0.1, -0.05) is 29.3 Å². The van der Waals surface area contributed by atoms with Crippen molar-refractivity contribution in [2.75, 3.05) is 26.7 Å². The van der Waals surface area contributed by atoms with Crippen molar-refractivity contribution in [2.24, 2.45) is 5.92 Å². The number of aliphatic carboxylic acids is 2. The Morgan fingerprint density at radius 2 is 1.80 bits per heavy atom. The molecule has 0 radical (unpaired) electrons. The molecule has 0 aliphatic carbocycles. The second-order valence-corrected chi connectivity index (χ2v) is 6.60. The number of rotatable bonds is 4. The lowest BCUT2D eigenvalue weighted by Crippen LogP contribution is -2.38. The molecule has 0 amide bonds. The number of hydrogen-bond donors (Lipinski definition) is 3. The van der Waals surface area contributed by atoms with Gasteiger partial charge in [-0.15, -0.1) is 0 Å². The van der Waals surface area contributed by atoms with Gasteiger partial charge in [0.2, 0.25) is 0 Å². The molecule has 1 aromatic carbocycles. The van der Waals surface area contributed by atoms with Gasteiger partial charge in [0.15, 0.2) is 0 Å². The van der Waals surface area contributed by atoms with Gasteiger partial charge in [0, 0.05) is 31.2 Å². The maximum absolute atomic E-state index is 9.55. The molecule has 2 atom stereocenters. The van der Waals surface area contributed by atoms with Crippen molar-refractivity contribution in [3.05, 3.63) is 46.0 Å². The quantitative estimate of drug-likeness (QED) is 0.684. The summed E-state index contributed by atoms with van der Waals surface area (Å²) in [5.41, 5.74) is 1.19. The molecule has 1 aliphatic rings. The van der Waals surface area contributed by atoms with E-state index in [0.29, 0.717) is 28.1 Å². The standard InChI is InChI=1S/C13H17Cl2NO.C4H4O4/c1-16-5-4-11(10(7-16)8-17)9-2-3-12(14)13(15)6-9;5-3(6)1-2-4(7)8/h2-3,6,10-11,17H,4-5,7-8H2,1H3;1-2H,(H,5,6)(H,7,8)/b;2-1+/t10-,11-;/m1./s1. The van der Waals surface area contributed by atoms with Gasteiger partial charge in [-0.3, -0.25) is 0 Å². The first-order chi connectivity index (χ1) is 11.7. The summed E-state index contributed by atoms with van der Waals surface area (Å²) in [7, 11) is 2.09. The van der Waals surface area contributed by atoms with E-state index >= 15 is 0 Å². The van der Waals surface area contributed by atoms with Crippen molar-refractivity contribution in [2.45, 2.75) is 12.3 Å². The first-order valence-electron chi connectivity index (χ1n) is 7.62. The van der Waals surface area contributed by atoms with Gasteiger partial charge < -0.3 is 20.2 Å². The fourth-order valence-corrected chi connectivity index (χ4v) is 3.03. The highest BCUT2D eigenvalue weighted by atomic mass is 35.5. The summed E-state index contributed by atoms with van der Waals surface area (Å²) in [5, 5.41) is 26.3. The number of carboxylic acids is 2. The number of nitrogens with zero attached hydrogens (tertiary/aromatic N) is 1. The van der Waals surface area contributed by atoms with E-state index in [1.54, 1.807) is 0 Å². The molecule has 1 heterocycles. The van der Waals surface area contributed by atoms with Crippen LogP contribution in [0.4, 0.5) is 0 Å². The van der Waals surface area contributed by atoms with E-state index in [1.807, 2.05) is 18.2 Å². The molecule has 1 aromatic rings. The minimum atomic E-state index is -1.26. The molecule has 0 spiro atoms. The minimum absolute atomic E-state index is 0.218. The number of piperidine rings is 1. The molecule has 0 bridgehead atoms. The van der Waals surface area contributed by atoms with Crippen LogP contribution in [-0.2, 0) is 9.59 Å². The lowest BCUT2D eigenvalue weighted by atomic mass is 9.81. The number of hydrogen-bond acceptors (Lipinski definition) is 4. The summed E-state index contributed by atoms with van der Waals surface area (Å²) in [6.07, 6.45) is 2.17. The van der Waals surface area contributed by atoms with Crippen LogP contribution in [0.5, 0.6) is 0 Å². The van der Waals surface area contributed by atoms with Crippen molar-refractivity contribution >= 4 is 35.1 Å². The second kappa shape index (κ2) is 10.4. The van der Waals surface area contributed by atoms with E-state index in [2.05, 4.69) is 11.9 Å². The van der Waals surface area contributed by atoms with Gasteiger partial charge >= 0.3 is 11.9 Å². The van der Waals surface area contributed by atoms with Crippen molar-refractivity contribution in [3.8, 4) is 0 Å². The smallest absolute Gasteiger partial charge is 0.328 e. The third-order valence-electron chi connectivity index (χ3n) is 3.91. The first kappa shape index (κ1) is 21.4. The van der Waals surface area contributed by atoms with Crippen molar-refractivity contribution in [3.63, 3.8) is 0 Å². The zero-order valence-electron chi connectivity index (χ0n) is 13.7. The van der Waals surface area contributed by atoms with Crippen LogP contribution in [0, 0.1) is 5.92 Å². The van der Waals surface area contributed by atoms with E-state index in [0.717, 1.165) is 19.5 Å². The summed E-state index contributed by atoms with van der Waals surface area (Å²) in [6, 6.07) is 5.79. The highest BCUT2D eigenvalue weighted by molar-refractivity contribution is 6.42. The van der Waals surface area contributed by atoms with Crippen molar-refractivity contribution in [1.29, 1.82) is 0 Å². The van der Waals surface area contributed by atoms with Gasteiger partial charge in [0.25, 0.3) is 0 Å². The second-order valence-electron chi connectivity index (χ2n) is 5.78. The average molecular weight is 390 g/mol. The van der Waals surface area contributed by atoms with Crippen LogP contribution in [0.15, 0.2) is 30.4 Å². The van der Waals surface area contributed by atoms with Crippen LogP contribution < -0.4 is 0 Å². The Bertz CT molecular complexity index is 619.